The van der Waals surface area contributed by atoms with Crippen molar-refractivity contribution in [1.29, 1.82) is 0 Å². The van der Waals surface area contributed by atoms with E-state index in [1.165, 1.54) is 6.07 Å². The van der Waals surface area contributed by atoms with Gasteiger partial charge < -0.3 is 0 Å². The second-order valence-corrected chi connectivity index (χ2v) is 5.39. The highest BCUT2D eigenvalue weighted by molar-refractivity contribution is 14.1. The summed E-state index contributed by atoms with van der Waals surface area (Å²) in [7, 11) is -4.08. The first-order chi connectivity index (χ1) is 5.82. The first-order valence-corrected chi connectivity index (χ1v) is 6.08. The number of halogens is 1. The minimum atomic E-state index is -4.08. The zero-order valence-electron chi connectivity index (χ0n) is 7.20. The van der Waals surface area contributed by atoms with E-state index in [4.69, 9.17) is 4.55 Å². The molecule has 0 saturated heterocycles. The van der Waals surface area contributed by atoms with E-state index in [0.29, 0.717) is 5.56 Å². The Morgan fingerprint density at radius 3 is 2.23 bits per heavy atom. The minimum Gasteiger partial charge on any atom is -0.282 e. The van der Waals surface area contributed by atoms with Crippen molar-refractivity contribution >= 4 is 32.7 Å². The predicted octanol–water partition coefficient (Wildman–Crippen LogP) is 2.15. The van der Waals surface area contributed by atoms with Gasteiger partial charge in [-0.2, -0.15) is 8.42 Å². The molecule has 0 aliphatic carbocycles. The van der Waals surface area contributed by atoms with Gasteiger partial charge in [0.05, 0.1) is 4.90 Å². The molecule has 1 aromatic rings. The van der Waals surface area contributed by atoms with E-state index in [-0.39, 0.29) is 4.90 Å². The van der Waals surface area contributed by atoms with E-state index >= 15 is 0 Å². The SMILES string of the molecule is Cc1cc(C)c(S(=O)(=O)O)cc1I. The smallest absolute Gasteiger partial charge is 0.282 e. The molecule has 0 spiro atoms. The Morgan fingerprint density at radius 1 is 1.23 bits per heavy atom. The second-order valence-electron chi connectivity index (χ2n) is 2.84. The predicted molar refractivity (Wildman–Crippen MR) is 58.4 cm³/mol. The molecule has 0 bridgehead atoms. The Kier molecular flexibility index (Phi) is 2.98. The number of aryl methyl sites for hydroxylation is 2. The Hall–Kier alpha value is -0.140. The van der Waals surface area contributed by atoms with Gasteiger partial charge in [-0.1, -0.05) is 6.07 Å². The average molecular weight is 312 g/mol. The van der Waals surface area contributed by atoms with Gasteiger partial charge in [0.1, 0.15) is 0 Å². The number of benzene rings is 1. The van der Waals surface area contributed by atoms with Crippen molar-refractivity contribution in [2.24, 2.45) is 0 Å². The van der Waals surface area contributed by atoms with Crippen LogP contribution in [0.3, 0.4) is 0 Å². The van der Waals surface area contributed by atoms with Gasteiger partial charge in [0, 0.05) is 3.57 Å². The summed E-state index contributed by atoms with van der Waals surface area (Å²) in [5.74, 6) is 0. The molecule has 0 amide bonds. The van der Waals surface area contributed by atoms with E-state index in [2.05, 4.69) is 0 Å². The fourth-order valence-corrected chi connectivity index (χ4v) is 2.50. The van der Waals surface area contributed by atoms with Gasteiger partial charge >= 0.3 is 0 Å². The summed E-state index contributed by atoms with van der Waals surface area (Å²) in [5, 5.41) is 0. The van der Waals surface area contributed by atoms with Crippen LogP contribution in [0.2, 0.25) is 0 Å². The maximum absolute atomic E-state index is 10.9. The van der Waals surface area contributed by atoms with Gasteiger partial charge in [-0.3, -0.25) is 4.55 Å². The number of rotatable bonds is 1. The Labute approximate surface area is 91.1 Å². The molecule has 0 saturated carbocycles. The summed E-state index contributed by atoms with van der Waals surface area (Å²) in [5.41, 5.74) is 1.57. The molecule has 72 valence electrons. The normalized spacial score (nSPS) is 11.7. The molecular formula is C8H9IO3S. The van der Waals surface area contributed by atoms with Crippen LogP contribution >= 0.6 is 22.6 Å². The Balaban J connectivity index is 3.50. The van der Waals surface area contributed by atoms with Crippen LogP contribution in [0.4, 0.5) is 0 Å². The molecule has 3 nitrogen and oxygen atoms in total. The highest BCUT2D eigenvalue weighted by Gasteiger charge is 2.14. The first kappa shape index (κ1) is 10.9. The molecule has 0 radical (unpaired) electrons. The molecule has 1 aromatic carbocycles. The third-order valence-corrected chi connectivity index (χ3v) is 3.89. The molecule has 0 aliphatic rings. The minimum absolute atomic E-state index is 0.0116. The van der Waals surface area contributed by atoms with E-state index in [0.717, 1.165) is 9.13 Å². The van der Waals surface area contributed by atoms with Gasteiger partial charge in [0.25, 0.3) is 10.1 Å². The van der Waals surface area contributed by atoms with Crippen molar-refractivity contribution in [1.82, 2.24) is 0 Å². The van der Waals surface area contributed by atoms with E-state index < -0.39 is 10.1 Å². The fourth-order valence-electron chi connectivity index (χ4n) is 1.09. The summed E-state index contributed by atoms with van der Waals surface area (Å²) in [4.78, 5) is -0.0116. The van der Waals surface area contributed by atoms with Gasteiger partial charge in [0.2, 0.25) is 0 Å². The fraction of sp³-hybridized carbons (Fsp3) is 0.250. The highest BCUT2D eigenvalue weighted by atomic mass is 127. The molecule has 0 aromatic heterocycles. The van der Waals surface area contributed by atoms with Gasteiger partial charge in [0.15, 0.2) is 0 Å². The molecule has 0 atom stereocenters. The molecule has 1 rings (SSSR count). The molecular weight excluding hydrogens is 303 g/mol. The van der Waals surface area contributed by atoms with Crippen molar-refractivity contribution < 1.29 is 13.0 Å². The molecule has 0 unspecified atom stereocenters. The maximum atomic E-state index is 10.9. The summed E-state index contributed by atoms with van der Waals surface area (Å²) in [6.45, 7) is 3.55. The van der Waals surface area contributed by atoms with Crippen molar-refractivity contribution in [2.75, 3.05) is 0 Å². The summed E-state index contributed by atoms with van der Waals surface area (Å²) >= 11 is 2.03. The highest BCUT2D eigenvalue weighted by Crippen LogP contribution is 2.21. The van der Waals surface area contributed by atoms with E-state index in [9.17, 15) is 8.42 Å². The van der Waals surface area contributed by atoms with E-state index in [1.807, 2.05) is 29.5 Å². The van der Waals surface area contributed by atoms with Crippen LogP contribution in [-0.4, -0.2) is 13.0 Å². The number of hydrogen-bond donors (Lipinski definition) is 1. The average Bonchev–Trinajstić information content (AvgIpc) is 1.94. The van der Waals surface area contributed by atoms with E-state index in [1.54, 1.807) is 13.0 Å². The van der Waals surface area contributed by atoms with Crippen LogP contribution < -0.4 is 0 Å². The third kappa shape index (κ3) is 2.41. The molecule has 0 fully saturated rings. The van der Waals surface area contributed by atoms with Crippen LogP contribution in [0, 0.1) is 17.4 Å². The monoisotopic (exact) mass is 312 g/mol. The lowest BCUT2D eigenvalue weighted by atomic mass is 10.2. The van der Waals surface area contributed by atoms with Gasteiger partial charge in [-0.05, 0) is 53.6 Å². The lowest BCUT2D eigenvalue weighted by Gasteiger charge is -2.05. The van der Waals surface area contributed by atoms with Crippen molar-refractivity contribution in [3.05, 3.63) is 26.8 Å². The molecule has 0 heterocycles. The molecule has 5 heteroatoms. The maximum Gasteiger partial charge on any atom is 0.294 e. The van der Waals surface area contributed by atoms with Crippen LogP contribution in [0.15, 0.2) is 17.0 Å². The topological polar surface area (TPSA) is 54.4 Å². The summed E-state index contributed by atoms with van der Waals surface area (Å²) < 4.78 is 31.4. The van der Waals surface area contributed by atoms with Crippen LogP contribution in [0.25, 0.3) is 0 Å². The quantitative estimate of drug-likeness (QED) is 0.638. The molecule has 0 aliphatic heterocycles. The lowest BCUT2D eigenvalue weighted by Crippen LogP contribution is -2.02. The second kappa shape index (κ2) is 3.55. The van der Waals surface area contributed by atoms with Crippen molar-refractivity contribution in [2.45, 2.75) is 18.7 Å². The Bertz CT molecular complexity index is 437. The zero-order valence-corrected chi connectivity index (χ0v) is 10.2. The van der Waals surface area contributed by atoms with Crippen molar-refractivity contribution in [3.8, 4) is 0 Å². The summed E-state index contributed by atoms with van der Waals surface area (Å²) in [6.07, 6.45) is 0. The number of hydrogen-bond acceptors (Lipinski definition) is 2. The van der Waals surface area contributed by atoms with Crippen LogP contribution in [-0.2, 0) is 10.1 Å². The van der Waals surface area contributed by atoms with Crippen molar-refractivity contribution in [3.63, 3.8) is 0 Å². The zero-order chi connectivity index (χ0) is 10.2. The lowest BCUT2D eigenvalue weighted by molar-refractivity contribution is 0.482. The Morgan fingerprint density at radius 2 is 1.77 bits per heavy atom. The van der Waals surface area contributed by atoms with Crippen LogP contribution in [0.1, 0.15) is 11.1 Å². The first-order valence-electron chi connectivity index (χ1n) is 3.56. The summed E-state index contributed by atoms with van der Waals surface area (Å²) in [6, 6.07) is 3.21. The standard InChI is InChI=1S/C8H9IO3S/c1-5-3-6(2)8(4-7(5)9)13(10,11)12/h3-4H,1-2H3,(H,10,11,12). The third-order valence-electron chi connectivity index (χ3n) is 1.73. The molecule has 13 heavy (non-hydrogen) atoms. The largest absolute Gasteiger partial charge is 0.294 e. The van der Waals surface area contributed by atoms with Gasteiger partial charge in [-0.15, -0.1) is 0 Å². The molecule has 1 N–H and O–H groups in total. The van der Waals surface area contributed by atoms with Crippen LogP contribution in [0.5, 0.6) is 0 Å². The van der Waals surface area contributed by atoms with Gasteiger partial charge in [-0.25, -0.2) is 0 Å².